The third-order valence-electron chi connectivity index (χ3n) is 5.86. The van der Waals surface area contributed by atoms with Crippen molar-refractivity contribution in [3.63, 3.8) is 0 Å². The van der Waals surface area contributed by atoms with Gasteiger partial charge in [-0.2, -0.15) is 0 Å². The fourth-order valence-electron chi connectivity index (χ4n) is 4.18. The number of piperidine rings is 1. The van der Waals surface area contributed by atoms with Crippen LogP contribution in [0.4, 0.5) is 0 Å². The number of nitrogens with zero attached hydrogens (tertiary/aromatic N) is 2. The Labute approximate surface area is 185 Å². The van der Waals surface area contributed by atoms with Crippen molar-refractivity contribution in [3.8, 4) is 11.5 Å². The smallest absolute Gasteiger partial charge is 0.225 e. The van der Waals surface area contributed by atoms with Crippen LogP contribution in [0.15, 0.2) is 84.9 Å². The maximum absolute atomic E-state index is 12.9. The first-order valence-corrected chi connectivity index (χ1v) is 11.0. The SMILES string of the molecule is CN(Cc1ccccc1)C(=O)C1CCN(Cc2cccc(Oc3ccccc3)c2)CC1. The molecule has 31 heavy (non-hydrogen) atoms. The highest BCUT2D eigenvalue weighted by molar-refractivity contribution is 5.78. The molecule has 1 saturated heterocycles. The zero-order valence-electron chi connectivity index (χ0n) is 18.1. The average Bonchev–Trinajstić information content (AvgIpc) is 2.81. The normalized spacial score (nSPS) is 14.9. The Balaban J connectivity index is 1.27. The number of benzene rings is 3. The quantitative estimate of drug-likeness (QED) is 0.522. The molecule has 4 heteroatoms. The maximum atomic E-state index is 12.9. The highest BCUT2D eigenvalue weighted by Crippen LogP contribution is 2.25. The second kappa shape index (κ2) is 10.3. The Hall–Kier alpha value is -3.11. The Morgan fingerprint density at radius 1 is 0.871 bits per heavy atom. The number of likely N-dealkylation sites (tertiary alicyclic amines) is 1. The standard InChI is InChI=1S/C27H30N2O2/c1-28(20-22-9-4-2-5-10-22)27(30)24-15-17-29(18-16-24)21-23-11-8-14-26(19-23)31-25-12-6-3-7-13-25/h2-14,19,24H,15-18,20-21H2,1H3. The molecule has 0 radical (unpaired) electrons. The van der Waals surface area contributed by atoms with E-state index in [9.17, 15) is 4.79 Å². The van der Waals surface area contributed by atoms with Crippen molar-refractivity contribution in [3.05, 3.63) is 96.1 Å². The molecule has 1 amide bonds. The van der Waals surface area contributed by atoms with Crippen LogP contribution in [-0.4, -0.2) is 35.8 Å². The molecule has 4 nitrogen and oxygen atoms in total. The topological polar surface area (TPSA) is 32.8 Å². The summed E-state index contributed by atoms with van der Waals surface area (Å²) in [6.45, 7) is 3.44. The van der Waals surface area contributed by atoms with Gasteiger partial charge in [0.05, 0.1) is 0 Å². The van der Waals surface area contributed by atoms with E-state index in [0.717, 1.165) is 44.0 Å². The van der Waals surface area contributed by atoms with Gasteiger partial charge in [0, 0.05) is 26.1 Å². The summed E-state index contributed by atoms with van der Waals surface area (Å²) in [7, 11) is 1.92. The van der Waals surface area contributed by atoms with Gasteiger partial charge in [-0.15, -0.1) is 0 Å². The van der Waals surface area contributed by atoms with E-state index in [2.05, 4.69) is 29.2 Å². The lowest BCUT2D eigenvalue weighted by Crippen LogP contribution is -2.40. The highest BCUT2D eigenvalue weighted by Gasteiger charge is 2.27. The van der Waals surface area contributed by atoms with Crippen LogP contribution in [0.2, 0.25) is 0 Å². The molecule has 160 valence electrons. The second-order valence-electron chi connectivity index (χ2n) is 8.29. The van der Waals surface area contributed by atoms with Crippen LogP contribution in [0.3, 0.4) is 0 Å². The summed E-state index contributed by atoms with van der Waals surface area (Å²) in [5, 5.41) is 0. The predicted octanol–water partition coefficient (Wildman–Crippen LogP) is 5.35. The predicted molar refractivity (Wildman–Crippen MR) is 124 cm³/mol. The van der Waals surface area contributed by atoms with Gasteiger partial charge in [-0.3, -0.25) is 9.69 Å². The van der Waals surface area contributed by atoms with E-state index >= 15 is 0 Å². The summed E-state index contributed by atoms with van der Waals surface area (Å²) in [6.07, 6.45) is 1.83. The highest BCUT2D eigenvalue weighted by atomic mass is 16.5. The van der Waals surface area contributed by atoms with Gasteiger partial charge in [0.25, 0.3) is 0 Å². The van der Waals surface area contributed by atoms with Crippen molar-refractivity contribution < 1.29 is 9.53 Å². The molecule has 1 aliphatic rings. The fraction of sp³-hybridized carbons (Fsp3) is 0.296. The summed E-state index contributed by atoms with van der Waals surface area (Å²) in [4.78, 5) is 17.2. The number of hydrogen-bond donors (Lipinski definition) is 0. The third kappa shape index (κ3) is 5.96. The van der Waals surface area contributed by atoms with Gasteiger partial charge < -0.3 is 9.64 Å². The fourth-order valence-corrected chi connectivity index (χ4v) is 4.18. The lowest BCUT2D eigenvalue weighted by atomic mass is 9.95. The lowest BCUT2D eigenvalue weighted by molar-refractivity contribution is -0.136. The van der Waals surface area contributed by atoms with E-state index in [4.69, 9.17) is 4.74 Å². The van der Waals surface area contributed by atoms with Crippen LogP contribution in [-0.2, 0) is 17.9 Å². The molecule has 0 bridgehead atoms. The molecule has 1 aliphatic heterocycles. The number of carbonyl (C=O) groups is 1. The van der Waals surface area contributed by atoms with Crippen molar-refractivity contribution in [1.82, 2.24) is 9.80 Å². The van der Waals surface area contributed by atoms with Crippen LogP contribution in [0, 0.1) is 5.92 Å². The van der Waals surface area contributed by atoms with Gasteiger partial charge in [0.15, 0.2) is 0 Å². The number of rotatable bonds is 7. The molecule has 0 N–H and O–H groups in total. The first-order chi connectivity index (χ1) is 15.2. The van der Waals surface area contributed by atoms with Gasteiger partial charge in [-0.05, 0) is 61.3 Å². The van der Waals surface area contributed by atoms with E-state index in [0.29, 0.717) is 6.54 Å². The van der Waals surface area contributed by atoms with Gasteiger partial charge >= 0.3 is 0 Å². The molecule has 0 atom stereocenters. The minimum Gasteiger partial charge on any atom is -0.457 e. The van der Waals surface area contributed by atoms with Crippen molar-refractivity contribution >= 4 is 5.91 Å². The Bertz CT molecular complexity index is 967. The Morgan fingerprint density at radius 2 is 1.48 bits per heavy atom. The lowest BCUT2D eigenvalue weighted by Gasteiger charge is -2.33. The molecule has 0 aliphatic carbocycles. The third-order valence-corrected chi connectivity index (χ3v) is 5.86. The van der Waals surface area contributed by atoms with E-state index in [1.165, 1.54) is 11.1 Å². The summed E-state index contributed by atoms with van der Waals surface area (Å²) < 4.78 is 5.96. The molecule has 0 spiro atoms. The van der Waals surface area contributed by atoms with E-state index in [1.54, 1.807) is 0 Å². The number of amides is 1. The molecule has 0 saturated carbocycles. The average molecular weight is 415 g/mol. The minimum atomic E-state index is 0.123. The molecule has 0 unspecified atom stereocenters. The minimum absolute atomic E-state index is 0.123. The summed E-state index contributed by atoms with van der Waals surface area (Å²) in [6, 6.07) is 28.3. The van der Waals surface area contributed by atoms with Crippen LogP contribution in [0.1, 0.15) is 24.0 Å². The van der Waals surface area contributed by atoms with Gasteiger partial charge in [-0.25, -0.2) is 0 Å². The number of ether oxygens (including phenoxy) is 1. The monoisotopic (exact) mass is 414 g/mol. The van der Waals surface area contributed by atoms with Crippen LogP contribution in [0.5, 0.6) is 11.5 Å². The van der Waals surface area contributed by atoms with E-state index < -0.39 is 0 Å². The number of carbonyl (C=O) groups excluding carboxylic acids is 1. The number of para-hydroxylation sites is 1. The maximum Gasteiger partial charge on any atom is 0.225 e. The first kappa shape index (κ1) is 21.1. The zero-order valence-corrected chi connectivity index (χ0v) is 18.1. The van der Waals surface area contributed by atoms with Gasteiger partial charge in [0.2, 0.25) is 5.91 Å². The molecule has 4 rings (SSSR count). The molecule has 1 heterocycles. The first-order valence-electron chi connectivity index (χ1n) is 11.0. The molecule has 0 aromatic heterocycles. The molecular weight excluding hydrogens is 384 g/mol. The molecule has 3 aromatic carbocycles. The molecule has 3 aromatic rings. The summed E-state index contributed by atoms with van der Waals surface area (Å²) >= 11 is 0. The summed E-state index contributed by atoms with van der Waals surface area (Å²) in [5.74, 6) is 2.09. The number of hydrogen-bond acceptors (Lipinski definition) is 3. The van der Waals surface area contributed by atoms with Crippen LogP contribution >= 0.6 is 0 Å². The van der Waals surface area contributed by atoms with Crippen LogP contribution < -0.4 is 4.74 Å². The second-order valence-corrected chi connectivity index (χ2v) is 8.29. The van der Waals surface area contributed by atoms with Crippen molar-refractivity contribution in [2.45, 2.75) is 25.9 Å². The van der Waals surface area contributed by atoms with Crippen LogP contribution in [0.25, 0.3) is 0 Å². The summed E-state index contributed by atoms with van der Waals surface area (Å²) in [5.41, 5.74) is 2.41. The largest absolute Gasteiger partial charge is 0.457 e. The zero-order chi connectivity index (χ0) is 21.5. The molecular formula is C27H30N2O2. The Morgan fingerprint density at radius 3 is 2.19 bits per heavy atom. The van der Waals surface area contributed by atoms with E-state index in [-0.39, 0.29) is 11.8 Å². The Kier molecular flexibility index (Phi) is 7.00. The van der Waals surface area contributed by atoms with Gasteiger partial charge in [0.1, 0.15) is 11.5 Å². The molecule has 1 fully saturated rings. The van der Waals surface area contributed by atoms with Crippen molar-refractivity contribution in [2.24, 2.45) is 5.92 Å². The van der Waals surface area contributed by atoms with Crippen molar-refractivity contribution in [1.29, 1.82) is 0 Å². The van der Waals surface area contributed by atoms with Crippen molar-refractivity contribution in [2.75, 3.05) is 20.1 Å². The van der Waals surface area contributed by atoms with E-state index in [1.807, 2.05) is 72.6 Å². The van der Waals surface area contributed by atoms with Gasteiger partial charge in [-0.1, -0.05) is 60.7 Å².